The Morgan fingerprint density at radius 1 is 1.53 bits per heavy atom. The van der Waals surface area contributed by atoms with E-state index in [0.29, 0.717) is 18.1 Å². The standard InChI is InChI=1S/C8H17NO4S2/c1-3-13-8(10)7(9)6-14-4-5-15(2,11)12/h7H,3-6,9H2,1-2H3. The molecule has 5 nitrogen and oxygen atoms in total. The molecule has 15 heavy (non-hydrogen) atoms. The number of ether oxygens (including phenoxy) is 1. The van der Waals surface area contributed by atoms with Crippen molar-refractivity contribution in [2.24, 2.45) is 5.73 Å². The molecule has 0 aromatic rings. The van der Waals surface area contributed by atoms with Crippen LogP contribution in [0.1, 0.15) is 6.92 Å². The van der Waals surface area contributed by atoms with E-state index >= 15 is 0 Å². The summed E-state index contributed by atoms with van der Waals surface area (Å²) < 4.78 is 26.3. The summed E-state index contributed by atoms with van der Waals surface area (Å²) in [4.78, 5) is 11.1. The van der Waals surface area contributed by atoms with Crippen LogP contribution in [0.25, 0.3) is 0 Å². The number of sulfone groups is 1. The fourth-order valence-corrected chi connectivity index (χ4v) is 2.98. The molecule has 0 radical (unpaired) electrons. The van der Waals surface area contributed by atoms with Gasteiger partial charge in [-0.25, -0.2) is 8.42 Å². The molecule has 0 aromatic heterocycles. The normalized spacial score (nSPS) is 13.5. The summed E-state index contributed by atoms with van der Waals surface area (Å²) in [7, 11) is -2.93. The highest BCUT2D eigenvalue weighted by atomic mass is 32.2. The Morgan fingerprint density at radius 2 is 2.13 bits per heavy atom. The van der Waals surface area contributed by atoms with Gasteiger partial charge in [-0.05, 0) is 6.92 Å². The smallest absolute Gasteiger partial charge is 0.323 e. The van der Waals surface area contributed by atoms with Crippen LogP contribution in [-0.4, -0.2) is 50.6 Å². The van der Waals surface area contributed by atoms with Gasteiger partial charge >= 0.3 is 5.97 Å². The lowest BCUT2D eigenvalue weighted by molar-refractivity contribution is -0.144. The number of carbonyl (C=O) groups is 1. The Bertz CT molecular complexity index is 289. The Labute approximate surface area is 94.7 Å². The van der Waals surface area contributed by atoms with Crippen LogP contribution in [0, 0.1) is 0 Å². The van der Waals surface area contributed by atoms with Crippen LogP contribution >= 0.6 is 11.8 Å². The Balaban J connectivity index is 3.64. The molecule has 0 aliphatic carbocycles. The molecule has 0 amide bonds. The van der Waals surface area contributed by atoms with Gasteiger partial charge in [-0.15, -0.1) is 0 Å². The molecule has 1 unspecified atom stereocenters. The Kier molecular flexibility index (Phi) is 6.95. The number of carbonyl (C=O) groups excluding carboxylic acids is 1. The topological polar surface area (TPSA) is 86.5 Å². The lowest BCUT2D eigenvalue weighted by Gasteiger charge is -2.09. The van der Waals surface area contributed by atoms with E-state index < -0.39 is 21.8 Å². The van der Waals surface area contributed by atoms with E-state index in [2.05, 4.69) is 0 Å². The fourth-order valence-electron chi connectivity index (χ4n) is 0.738. The van der Waals surface area contributed by atoms with Gasteiger partial charge in [0.05, 0.1) is 12.4 Å². The van der Waals surface area contributed by atoms with Crippen LogP contribution in [0.3, 0.4) is 0 Å². The van der Waals surface area contributed by atoms with Gasteiger partial charge in [0, 0.05) is 17.8 Å². The van der Waals surface area contributed by atoms with Gasteiger partial charge < -0.3 is 10.5 Å². The third kappa shape index (κ3) is 8.71. The third-order valence-electron chi connectivity index (χ3n) is 1.49. The number of nitrogens with two attached hydrogens (primary N) is 1. The number of esters is 1. The van der Waals surface area contributed by atoms with E-state index in [1.165, 1.54) is 18.0 Å². The van der Waals surface area contributed by atoms with Crippen molar-refractivity contribution < 1.29 is 17.9 Å². The molecule has 7 heteroatoms. The predicted octanol–water partition coefficient (Wildman–Crippen LogP) is -0.345. The highest BCUT2D eigenvalue weighted by Gasteiger charge is 2.14. The van der Waals surface area contributed by atoms with Crippen molar-refractivity contribution >= 4 is 27.6 Å². The number of hydrogen-bond acceptors (Lipinski definition) is 6. The summed E-state index contributed by atoms with van der Waals surface area (Å²) in [6, 6.07) is -0.672. The van der Waals surface area contributed by atoms with Crippen LogP contribution in [0.2, 0.25) is 0 Å². The number of hydrogen-bond donors (Lipinski definition) is 1. The largest absolute Gasteiger partial charge is 0.465 e. The highest BCUT2D eigenvalue weighted by molar-refractivity contribution is 8.00. The van der Waals surface area contributed by atoms with Gasteiger partial charge in [-0.3, -0.25) is 4.79 Å². The maximum atomic E-state index is 11.1. The molecule has 0 fully saturated rings. The van der Waals surface area contributed by atoms with Gasteiger partial charge in [-0.1, -0.05) is 0 Å². The first-order valence-electron chi connectivity index (χ1n) is 4.54. The maximum Gasteiger partial charge on any atom is 0.323 e. The van der Waals surface area contributed by atoms with Gasteiger partial charge in [0.15, 0.2) is 0 Å². The minimum atomic E-state index is -2.93. The highest BCUT2D eigenvalue weighted by Crippen LogP contribution is 2.04. The van der Waals surface area contributed by atoms with E-state index in [4.69, 9.17) is 10.5 Å². The third-order valence-corrected chi connectivity index (χ3v) is 3.78. The molecule has 0 aliphatic rings. The molecule has 0 spiro atoms. The average molecular weight is 255 g/mol. The molecule has 0 rings (SSSR count). The second-order valence-electron chi connectivity index (χ2n) is 3.06. The van der Waals surface area contributed by atoms with E-state index in [1.807, 2.05) is 0 Å². The number of rotatable bonds is 7. The zero-order valence-electron chi connectivity index (χ0n) is 8.93. The van der Waals surface area contributed by atoms with Gasteiger partial charge in [0.1, 0.15) is 15.9 Å². The van der Waals surface area contributed by atoms with Crippen molar-refractivity contribution in [3.05, 3.63) is 0 Å². The van der Waals surface area contributed by atoms with Crippen molar-refractivity contribution in [2.75, 3.05) is 30.1 Å². The minimum absolute atomic E-state index is 0.104. The Hall–Kier alpha value is -0.270. The SMILES string of the molecule is CCOC(=O)C(N)CSCCS(C)(=O)=O. The van der Waals surface area contributed by atoms with Crippen molar-refractivity contribution in [1.29, 1.82) is 0 Å². The monoisotopic (exact) mass is 255 g/mol. The fraction of sp³-hybridized carbons (Fsp3) is 0.875. The van der Waals surface area contributed by atoms with Crippen LogP contribution in [0.4, 0.5) is 0 Å². The van der Waals surface area contributed by atoms with E-state index in [9.17, 15) is 13.2 Å². The minimum Gasteiger partial charge on any atom is -0.465 e. The van der Waals surface area contributed by atoms with E-state index in [0.717, 1.165) is 0 Å². The van der Waals surface area contributed by atoms with Crippen LogP contribution in [-0.2, 0) is 19.4 Å². The second kappa shape index (κ2) is 7.08. The summed E-state index contributed by atoms with van der Waals surface area (Å²) in [5, 5.41) is 0. The van der Waals surface area contributed by atoms with Crippen molar-refractivity contribution in [2.45, 2.75) is 13.0 Å². The summed E-state index contributed by atoms with van der Waals surface area (Å²) in [5.41, 5.74) is 5.51. The first kappa shape index (κ1) is 14.7. The molecule has 90 valence electrons. The molecule has 0 saturated carbocycles. The van der Waals surface area contributed by atoms with Gasteiger partial charge in [0.25, 0.3) is 0 Å². The second-order valence-corrected chi connectivity index (χ2v) is 6.47. The van der Waals surface area contributed by atoms with E-state index in [-0.39, 0.29) is 5.75 Å². The van der Waals surface area contributed by atoms with Crippen molar-refractivity contribution in [1.82, 2.24) is 0 Å². The summed E-state index contributed by atoms with van der Waals surface area (Å²) >= 11 is 1.34. The predicted molar refractivity (Wildman–Crippen MR) is 61.6 cm³/mol. The lowest BCUT2D eigenvalue weighted by atomic mass is 10.4. The number of thioether (sulfide) groups is 1. The molecule has 2 N–H and O–H groups in total. The van der Waals surface area contributed by atoms with Crippen LogP contribution in [0.5, 0.6) is 0 Å². The molecule has 0 saturated heterocycles. The zero-order valence-corrected chi connectivity index (χ0v) is 10.6. The molecule has 1 atom stereocenters. The van der Waals surface area contributed by atoms with Crippen LogP contribution < -0.4 is 5.73 Å². The zero-order chi connectivity index (χ0) is 11.9. The molecule has 0 bridgehead atoms. The molecule has 0 heterocycles. The molecule has 0 aliphatic heterocycles. The summed E-state index contributed by atoms with van der Waals surface area (Å²) in [6.45, 7) is 2.02. The van der Waals surface area contributed by atoms with Gasteiger partial charge in [0.2, 0.25) is 0 Å². The first-order valence-corrected chi connectivity index (χ1v) is 7.76. The molecule has 0 aromatic carbocycles. The van der Waals surface area contributed by atoms with Crippen molar-refractivity contribution in [3.63, 3.8) is 0 Å². The summed E-state index contributed by atoms with van der Waals surface area (Å²) in [5.74, 6) is 0.498. The van der Waals surface area contributed by atoms with E-state index in [1.54, 1.807) is 6.92 Å². The van der Waals surface area contributed by atoms with Crippen molar-refractivity contribution in [3.8, 4) is 0 Å². The average Bonchev–Trinajstić information content (AvgIpc) is 2.11. The lowest BCUT2D eigenvalue weighted by Crippen LogP contribution is -2.34. The Morgan fingerprint density at radius 3 is 2.60 bits per heavy atom. The van der Waals surface area contributed by atoms with Gasteiger partial charge in [-0.2, -0.15) is 11.8 Å². The summed E-state index contributed by atoms with van der Waals surface area (Å²) in [6.07, 6.45) is 1.18. The molecular weight excluding hydrogens is 238 g/mol. The maximum absolute atomic E-state index is 11.1. The van der Waals surface area contributed by atoms with Crippen LogP contribution in [0.15, 0.2) is 0 Å². The first-order chi connectivity index (χ1) is 6.87. The quantitative estimate of drug-likeness (QED) is 0.494. The molecular formula is C8H17NO4S2.